The molecule has 124 valence electrons. The molecule has 1 saturated heterocycles. The molecule has 6 nitrogen and oxygen atoms in total. The molecule has 0 unspecified atom stereocenters. The van der Waals surface area contributed by atoms with Gasteiger partial charge < -0.3 is 10.6 Å². The summed E-state index contributed by atoms with van der Waals surface area (Å²) in [7, 11) is 0. The van der Waals surface area contributed by atoms with Gasteiger partial charge in [-0.3, -0.25) is 9.59 Å². The van der Waals surface area contributed by atoms with Gasteiger partial charge >= 0.3 is 0 Å². The molecule has 1 atom stereocenters. The van der Waals surface area contributed by atoms with Crippen molar-refractivity contribution in [3.05, 3.63) is 59.2 Å². The molecule has 0 radical (unpaired) electrons. The van der Waals surface area contributed by atoms with Crippen molar-refractivity contribution in [2.75, 3.05) is 6.54 Å². The van der Waals surface area contributed by atoms with Crippen LogP contribution < -0.4 is 5.73 Å². The third kappa shape index (κ3) is 3.27. The van der Waals surface area contributed by atoms with Gasteiger partial charge in [-0.25, -0.2) is 9.97 Å². The molecule has 0 spiro atoms. The molecule has 2 aromatic rings. The maximum absolute atomic E-state index is 12.7. The Hall–Kier alpha value is -2.76. The van der Waals surface area contributed by atoms with Crippen molar-refractivity contribution in [2.45, 2.75) is 32.2 Å². The molecule has 6 heteroatoms. The minimum Gasteiger partial charge on any atom is -0.365 e. The van der Waals surface area contributed by atoms with Crippen LogP contribution in [0.1, 0.15) is 46.3 Å². The second kappa shape index (κ2) is 6.78. The molecular formula is C18H20N4O2. The summed E-state index contributed by atoms with van der Waals surface area (Å²) < 4.78 is 0. The number of amides is 2. The van der Waals surface area contributed by atoms with Crippen LogP contribution in [0.5, 0.6) is 0 Å². The molecule has 1 fully saturated rings. The van der Waals surface area contributed by atoms with Crippen molar-refractivity contribution in [1.82, 2.24) is 14.9 Å². The molecule has 3 rings (SSSR count). The Bertz CT molecular complexity index is 761. The highest BCUT2D eigenvalue weighted by atomic mass is 16.2. The summed E-state index contributed by atoms with van der Waals surface area (Å²) in [6.45, 7) is 2.44. The Morgan fingerprint density at radius 1 is 1.29 bits per heavy atom. The van der Waals surface area contributed by atoms with Crippen molar-refractivity contribution in [3.8, 4) is 0 Å². The number of carbonyl (C=O) groups is 2. The average molecular weight is 324 g/mol. The van der Waals surface area contributed by atoms with Crippen molar-refractivity contribution < 1.29 is 9.59 Å². The van der Waals surface area contributed by atoms with Gasteiger partial charge in [-0.05, 0) is 25.3 Å². The molecule has 1 aliphatic heterocycles. The zero-order valence-corrected chi connectivity index (χ0v) is 13.6. The van der Waals surface area contributed by atoms with Crippen molar-refractivity contribution >= 4 is 11.8 Å². The van der Waals surface area contributed by atoms with Crippen LogP contribution in [0, 0.1) is 6.92 Å². The average Bonchev–Trinajstić information content (AvgIpc) is 3.05. The van der Waals surface area contributed by atoms with E-state index in [0.29, 0.717) is 30.0 Å². The standard InChI is InChI=1S/C18H20N4O2/c1-12-14(17(19)24)11-20-18(21-12)15-8-5-9-22(15)16(23)10-13-6-3-2-4-7-13/h2-4,6-7,11,15H,5,8-10H2,1H3,(H2,19,24)/t15-/m0/s1. The highest BCUT2D eigenvalue weighted by molar-refractivity contribution is 5.93. The van der Waals surface area contributed by atoms with Crippen LogP contribution in [0.3, 0.4) is 0 Å². The zero-order chi connectivity index (χ0) is 17.1. The fourth-order valence-corrected chi connectivity index (χ4v) is 3.09. The van der Waals surface area contributed by atoms with Crippen LogP contribution in [0.25, 0.3) is 0 Å². The fraction of sp³-hybridized carbons (Fsp3) is 0.333. The van der Waals surface area contributed by atoms with Crippen LogP contribution in [-0.4, -0.2) is 33.2 Å². The number of aromatic nitrogens is 2. The number of hydrogen-bond acceptors (Lipinski definition) is 4. The maximum atomic E-state index is 12.7. The predicted octanol–water partition coefficient (Wildman–Crippen LogP) is 1.79. The van der Waals surface area contributed by atoms with E-state index >= 15 is 0 Å². The second-order valence-corrected chi connectivity index (χ2v) is 6.00. The molecule has 2 N–H and O–H groups in total. The minimum absolute atomic E-state index is 0.0731. The van der Waals surface area contributed by atoms with Crippen molar-refractivity contribution in [2.24, 2.45) is 5.73 Å². The zero-order valence-electron chi connectivity index (χ0n) is 13.6. The molecule has 2 heterocycles. The van der Waals surface area contributed by atoms with E-state index in [0.717, 1.165) is 18.4 Å². The number of carbonyl (C=O) groups excluding carboxylic acids is 2. The summed E-state index contributed by atoms with van der Waals surface area (Å²) in [4.78, 5) is 34.5. The highest BCUT2D eigenvalue weighted by Gasteiger charge is 2.32. The molecule has 0 bridgehead atoms. The Balaban J connectivity index is 1.79. The van der Waals surface area contributed by atoms with E-state index in [2.05, 4.69) is 9.97 Å². The molecule has 2 amide bonds. The predicted molar refractivity (Wildman–Crippen MR) is 89.1 cm³/mol. The normalized spacial score (nSPS) is 17.0. The Labute approximate surface area is 140 Å². The molecular weight excluding hydrogens is 304 g/mol. The van der Waals surface area contributed by atoms with Gasteiger partial charge in [0.1, 0.15) is 0 Å². The lowest BCUT2D eigenvalue weighted by molar-refractivity contribution is -0.131. The number of primary amides is 1. The fourth-order valence-electron chi connectivity index (χ4n) is 3.09. The highest BCUT2D eigenvalue weighted by Crippen LogP contribution is 2.30. The van der Waals surface area contributed by atoms with Gasteiger partial charge in [0.05, 0.1) is 23.7 Å². The summed E-state index contributed by atoms with van der Waals surface area (Å²) >= 11 is 0. The van der Waals surface area contributed by atoms with Crippen LogP contribution in [0.15, 0.2) is 36.5 Å². The third-order valence-corrected chi connectivity index (χ3v) is 4.33. The van der Waals surface area contributed by atoms with Gasteiger partial charge in [0, 0.05) is 12.7 Å². The quantitative estimate of drug-likeness (QED) is 0.928. The van der Waals surface area contributed by atoms with E-state index in [9.17, 15) is 9.59 Å². The van der Waals surface area contributed by atoms with Crippen LogP contribution in [0.2, 0.25) is 0 Å². The SMILES string of the molecule is Cc1nc([C@@H]2CCCN2C(=O)Cc2ccccc2)ncc1C(N)=O. The number of benzene rings is 1. The summed E-state index contributed by atoms with van der Waals surface area (Å²) in [5.41, 5.74) is 7.16. The number of aryl methyl sites for hydroxylation is 1. The van der Waals surface area contributed by atoms with Gasteiger partial charge in [0.2, 0.25) is 5.91 Å². The van der Waals surface area contributed by atoms with Crippen LogP contribution >= 0.6 is 0 Å². The summed E-state index contributed by atoms with van der Waals surface area (Å²) in [5, 5.41) is 0. The first-order valence-electron chi connectivity index (χ1n) is 8.03. The van der Waals surface area contributed by atoms with E-state index in [1.807, 2.05) is 35.2 Å². The van der Waals surface area contributed by atoms with E-state index in [1.165, 1.54) is 6.20 Å². The second-order valence-electron chi connectivity index (χ2n) is 6.00. The Kier molecular flexibility index (Phi) is 4.55. The molecule has 0 saturated carbocycles. The monoisotopic (exact) mass is 324 g/mol. The molecule has 1 aromatic carbocycles. The van der Waals surface area contributed by atoms with E-state index < -0.39 is 5.91 Å². The first-order chi connectivity index (χ1) is 11.6. The van der Waals surface area contributed by atoms with E-state index in [-0.39, 0.29) is 11.9 Å². The van der Waals surface area contributed by atoms with Gasteiger partial charge in [0.25, 0.3) is 5.91 Å². The van der Waals surface area contributed by atoms with Crippen LogP contribution in [0.4, 0.5) is 0 Å². The number of rotatable bonds is 4. The van der Waals surface area contributed by atoms with E-state index in [4.69, 9.17) is 5.73 Å². The first kappa shape index (κ1) is 16.1. The number of hydrogen-bond donors (Lipinski definition) is 1. The third-order valence-electron chi connectivity index (χ3n) is 4.33. The molecule has 24 heavy (non-hydrogen) atoms. The Morgan fingerprint density at radius 2 is 2.04 bits per heavy atom. The van der Waals surface area contributed by atoms with E-state index in [1.54, 1.807) is 6.92 Å². The largest absolute Gasteiger partial charge is 0.365 e. The Morgan fingerprint density at radius 3 is 2.71 bits per heavy atom. The van der Waals surface area contributed by atoms with Crippen molar-refractivity contribution in [3.63, 3.8) is 0 Å². The lowest BCUT2D eigenvalue weighted by Gasteiger charge is -2.24. The minimum atomic E-state index is -0.539. The van der Waals surface area contributed by atoms with Gasteiger partial charge in [-0.15, -0.1) is 0 Å². The molecule has 1 aromatic heterocycles. The summed E-state index contributed by atoms with van der Waals surface area (Å²) in [5.74, 6) is 0.114. The summed E-state index contributed by atoms with van der Waals surface area (Å²) in [6, 6.07) is 9.56. The summed E-state index contributed by atoms with van der Waals surface area (Å²) in [6.07, 6.45) is 3.58. The topological polar surface area (TPSA) is 89.2 Å². The molecule has 0 aliphatic carbocycles. The van der Waals surface area contributed by atoms with Crippen molar-refractivity contribution in [1.29, 1.82) is 0 Å². The number of nitrogens with zero attached hydrogens (tertiary/aromatic N) is 3. The number of nitrogens with two attached hydrogens (primary N) is 1. The molecule has 1 aliphatic rings. The smallest absolute Gasteiger partial charge is 0.252 e. The lowest BCUT2D eigenvalue weighted by Crippen LogP contribution is -2.33. The van der Waals surface area contributed by atoms with Gasteiger partial charge in [-0.1, -0.05) is 30.3 Å². The van der Waals surface area contributed by atoms with Gasteiger partial charge in [0.15, 0.2) is 5.82 Å². The maximum Gasteiger partial charge on any atom is 0.252 e. The van der Waals surface area contributed by atoms with Gasteiger partial charge in [-0.2, -0.15) is 0 Å². The number of likely N-dealkylation sites (tertiary alicyclic amines) is 1. The first-order valence-corrected chi connectivity index (χ1v) is 8.03. The lowest BCUT2D eigenvalue weighted by atomic mass is 10.1. The van der Waals surface area contributed by atoms with Crippen LogP contribution in [-0.2, 0) is 11.2 Å².